The van der Waals surface area contributed by atoms with Crippen LogP contribution in [0.4, 0.5) is 0 Å². The Bertz CT molecular complexity index is 461. The first kappa shape index (κ1) is 15.7. The number of aliphatic imine (C=N–C) groups is 1. The molecule has 1 aliphatic rings. The van der Waals surface area contributed by atoms with Crippen LogP contribution in [0.25, 0.3) is 0 Å². The largest absolute Gasteiger partial charge is 0.492 e. The maximum atomic E-state index is 5.79. The second-order valence-corrected chi connectivity index (χ2v) is 5.76. The van der Waals surface area contributed by atoms with Gasteiger partial charge in [-0.2, -0.15) is 0 Å². The van der Waals surface area contributed by atoms with E-state index in [1.54, 1.807) is 0 Å². The molecule has 1 aromatic rings. The van der Waals surface area contributed by atoms with Crippen molar-refractivity contribution in [2.75, 3.05) is 26.2 Å². The normalized spacial score (nSPS) is 14.9. The molecule has 0 amide bonds. The van der Waals surface area contributed by atoms with E-state index in [1.807, 2.05) is 0 Å². The second-order valence-electron chi connectivity index (χ2n) is 5.76. The Morgan fingerprint density at radius 2 is 1.90 bits per heavy atom. The third-order valence-electron chi connectivity index (χ3n) is 3.41. The molecule has 0 radical (unpaired) electrons. The Kier molecular flexibility index (Phi) is 5.90. The van der Waals surface area contributed by atoms with Gasteiger partial charge in [0.25, 0.3) is 0 Å². The Balaban J connectivity index is 1.72. The molecular formula is C17H27N3O. The predicted molar refractivity (Wildman–Crippen MR) is 88.1 cm³/mol. The summed E-state index contributed by atoms with van der Waals surface area (Å²) in [6.07, 6.45) is 2.66. The molecular weight excluding hydrogens is 262 g/mol. The van der Waals surface area contributed by atoms with E-state index in [0.29, 0.717) is 6.61 Å². The van der Waals surface area contributed by atoms with Crippen molar-refractivity contribution in [1.29, 1.82) is 0 Å². The number of guanidine groups is 1. The summed E-state index contributed by atoms with van der Waals surface area (Å²) in [6.45, 7) is 9.47. The number of nitrogens with one attached hydrogen (secondary N) is 2. The minimum Gasteiger partial charge on any atom is -0.492 e. The molecule has 0 heterocycles. The van der Waals surface area contributed by atoms with Crippen molar-refractivity contribution in [3.8, 4) is 5.75 Å². The molecule has 0 unspecified atom stereocenters. The van der Waals surface area contributed by atoms with Gasteiger partial charge in [0.1, 0.15) is 12.4 Å². The van der Waals surface area contributed by atoms with Gasteiger partial charge in [-0.1, -0.05) is 6.07 Å². The Labute approximate surface area is 128 Å². The van der Waals surface area contributed by atoms with E-state index in [0.717, 1.165) is 37.3 Å². The van der Waals surface area contributed by atoms with Crippen LogP contribution in [-0.4, -0.2) is 32.2 Å². The Hall–Kier alpha value is -1.71. The monoisotopic (exact) mass is 289 g/mol. The minimum atomic E-state index is 0.636. The fraction of sp³-hybridized carbons (Fsp3) is 0.588. The lowest BCUT2D eigenvalue weighted by molar-refractivity contribution is 0.321. The number of benzene rings is 1. The molecule has 116 valence electrons. The average molecular weight is 289 g/mol. The average Bonchev–Trinajstić information content (AvgIpc) is 3.24. The van der Waals surface area contributed by atoms with Gasteiger partial charge in [-0.3, -0.25) is 4.99 Å². The van der Waals surface area contributed by atoms with Gasteiger partial charge in [0, 0.05) is 13.1 Å². The zero-order chi connectivity index (χ0) is 15.1. The molecule has 0 spiro atoms. The van der Waals surface area contributed by atoms with E-state index in [1.165, 1.54) is 24.0 Å². The second kappa shape index (κ2) is 7.91. The maximum absolute atomic E-state index is 5.79. The van der Waals surface area contributed by atoms with Crippen LogP contribution in [0.15, 0.2) is 23.2 Å². The van der Waals surface area contributed by atoms with Gasteiger partial charge in [-0.15, -0.1) is 0 Å². The van der Waals surface area contributed by atoms with Crippen molar-refractivity contribution in [2.45, 2.75) is 33.6 Å². The first-order valence-corrected chi connectivity index (χ1v) is 7.90. The summed E-state index contributed by atoms with van der Waals surface area (Å²) in [5.41, 5.74) is 2.47. The van der Waals surface area contributed by atoms with Crippen molar-refractivity contribution < 1.29 is 4.74 Å². The van der Waals surface area contributed by atoms with E-state index in [-0.39, 0.29) is 0 Å². The van der Waals surface area contributed by atoms with E-state index in [9.17, 15) is 0 Å². The van der Waals surface area contributed by atoms with Crippen molar-refractivity contribution >= 4 is 5.96 Å². The van der Waals surface area contributed by atoms with Crippen molar-refractivity contribution in [1.82, 2.24) is 10.6 Å². The molecule has 1 aliphatic carbocycles. The highest BCUT2D eigenvalue weighted by Gasteiger charge is 2.20. The standard InChI is InChI=1S/C17H27N3O/c1-4-18-17(20-12-15-5-6-15)19-7-8-21-16-10-13(2)9-14(3)11-16/h9-11,15H,4-8,12H2,1-3H3,(H2,18,19,20). The molecule has 4 heteroatoms. The first-order valence-electron chi connectivity index (χ1n) is 7.90. The Morgan fingerprint density at radius 1 is 1.19 bits per heavy atom. The van der Waals surface area contributed by atoms with Crippen LogP contribution in [0.1, 0.15) is 30.9 Å². The molecule has 0 aliphatic heterocycles. The van der Waals surface area contributed by atoms with Crippen LogP contribution in [0.3, 0.4) is 0 Å². The topological polar surface area (TPSA) is 45.7 Å². The summed E-state index contributed by atoms with van der Waals surface area (Å²) in [4.78, 5) is 4.59. The molecule has 21 heavy (non-hydrogen) atoms. The molecule has 2 N–H and O–H groups in total. The lowest BCUT2D eigenvalue weighted by Gasteiger charge is -2.12. The molecule has 0 atom stereocenters. The van der Waals surface area contributed by atoms with Crippen molar-refractivity contribution in [3.63, 3.8) is 0 Å². The van der Waals surface area contributed by atoms with Gasteiger partial charge in [0.15, 0.2) is 5.96 Å². The van der Waals surface area contributed by atoms with Crippen LogP contribution >= 0.6 is 0 Å². The minimum absolute atomic E-state index is 0.636. The molecule has 0 aromatic heterocycles. The van der Waals surface area contributed by atoms with E-state index < -0.39 is 0 Å². The van der Waals surface area contributed by atoms with Gasteiger partial charge in [-0.25, -0.2) is 0 Å². The van der Waals surface area contributed by atoms with Gasteiger partial charge in [0.2, 0.25) is 0 Å². The van der Waals surface area contributed by atoms with Crippen LogP contribution in [0, 0.1) is 19.8 Å². The van der Waals surface area contributed by atoms with Crippen LogP contribution in [0.5, 0.6) is 5.75 Å². The van der Waals surface area contributed by atoms with E-state index >= 15 is 0 Å². The predicted octanol–water partition coefficient (Wildman–Crippen LogP) is 2.65. The fourth-order valence-electron chi connectivity index (χ4n) is 2.22. The molecule has 0 bridgehead atoms. The van der Waals surface area contributed by atoms with Gasteiger partial charge < -0.3 is 15.4 Å². The number of rotatable bonds is 7. The van der Waals surface area contributed by atoms with E-state index in [2.05, 4.69) is 54.6 Å². The number of hydrogen-bond donors (Lipinski definition) is 2. The molecule has 1 fully saturated rings. The lowest BCUT2D eigenvalue weighted by Crippen LogP contribution is -2.39. The maximum Gasteiger partial charge on any atom is 0.191 e. The summed E-state index contributed by atoms with van der Waals surface area (Å²) in [6, 6.07) is 6.29. The van der Waals surface area contributed by atoms with Crippen molar-refractivity contribution in [2.24, 2.45) is 10.9 Å². The SMILES string of the molecule is CCNC(=NCC1CC1)NCCOc1cc(C)cc(C)c1. The molecule has 1 aromatic carbocycles. The highest BCUT2D eigenvalue weighted by atomic mass is 16.5. The molecule has 0 saturated heterocycles. The quantitative estimate of drug-likeness (QED) is 0.461. The molecule has 4 nitrogen and oxygen atoms in total. The summed E-state index contributed by atoms with van der Waals surface area (Å²) in [5.74, 6) is 2.65. The third kappa shape index (κ3) is 6.06. The summed E-state index contributed by atoms with van der Waals surface area (Å²) in [7, 11) is 0. The summed E-state index contributed by atoms with van der Waals surface area (Å²) >= 11 is 0. The lowest BCUT2D eigenvalue weighted by atomic mass is 10.1. The van der Waals surface area contributed by atoms with Crippen LogP contribution in [0.2, 0.25) is 0 Å². The molecule has 1 saturated carbocycles. The molecule has 2 rings (SSSR count). The van der Waals surface area contributed by atoms with Gasteiger partial charge in [0.05, 0.1) is 6.54 Å². The smallest absolute Gasteiger partial charge is 0.191 e. The highest BCUT2D eigenvalue weighted by molar-refractivity contribution is 5.79. The number of ether oxygens (including phenoxy) is 1. The number of aryl methyl sites for hydroxylation is 2. The van der Waals surface area contributed by atoms with Crippen LogP contribution < -0.4 is 15.4 Å². The Morgan fingerprint density at radius 3 is 2.52 bits per heavy atom. The first-order chi connectivity index (χ1) is 10.2. The fourth-order valence-corrected chi connectivity index (χ4v) is 2.22. The number of hydrogen-bond acceptors (Lipinski definition) is 2. The summed E-state index contributed by atoms with van der Waals surface area (Å²) < 4.78 is 5.79. The van der Waals surface area contributed by atoms with Crippen molar-refractivity contribution in [3.05, 3.63) is 29.3 Å². The van der Waals surface area contributed by atoms with E-state index in [4.69, 9.17) is 4.74 Å². The zero-order valence-corrected chi connectivity index (χ0v) is 13.4. The van der Waals surface area contributed by atoms with Gasteiger partial charge in [-0.05, 0) is 62.8 Å². The van der Waals surface area contributed by atoms with Crippen LogP contribution in [-0.2, 0) is 0 Å². The van der Waals surface area contributed by atoms with Gasteiger partial charge >= 0.3 is 0 Å². The number of nitrogens with zero attached hydrogens (tertiary/aromatic N) is 1. The third-order valence-corrected chi connectivity index (χ3v) is 3.41. The summed E-state index contributed by atoms with van der Waals surface area (Å²) in [5, 5.41) is 6.58. The highest BCUT2D eigenvalue weighted by Crippen LogP contribution is 2.28. The zero-order valence-electron chi connectivity index (χ0n) is 13.4.